The molecule has 0 amide bonds. The van der Waals surface area contributed by atoms with E-state index in [2.05, 4.69) is 38.1 Å². The molecule has 1 aliphatic heterocycles. The molecule has 0 aliphatic carbocycles. The SMILES string of the molecule is CCCCn1nnnc1CNC(=NC)NCC1CCCO1. The Morgan fingerprint density at radius 2 is 2.38 bits per heavy atom. The summed E-state index contributed by atoms with van der Waals surface area (Å²) >= 11 is 0. The Hall–Kier alpha value is -1.70. The van der Waals surface area contributed by atoms with Gasteiger partial charge in [-0.3, -0.25) is 4.99 Å². The molecule has 1 atom stereocenters. The Bertz CT molecular complexity index is 439. The fourth-order valence-corrected chi connectivity index (χ4v) is 2.23. The molecule has 1 saturated heterocycles. The number of guanidine groups is 1. The van der Waals surface area contributed by atoms with E-state index in [1.807, 2.05) is 4.68 Å². The summed E-state index contributed by atoms with van der Waals surface area (Å²) in [6.07, 6.45) is 4.74. The Morgan fingerprint density at radius 1 is 1.48 bits per heavy atom. The largest absolute Gasteiger partial charge is 0.376 e. The van der Waals surface area contributed by atoms with E-state index >= 15 is 0 Å². The van der Waals surface area contributed by atoms with Crippen LogP contribution in [0, 0.1) is 0 Å². The van der Waals surface area contributed by atoms with Gasteiger partial charge in [0.05, 0.1) is 12.6 Å². The molecule has 1 aliphatic rings. The fourth-order valence-electron chi connectivity index (χ4n) is 2.23. The maximum absolute atomic E-state index is 5.58. The lowest BCUT2D eigenvalue weighted by atomic mass is 10.2. The Kier molecular flexibility index (Phi) is 6.39. The summed E-state index contributed by atoms with van der Waals surface area (Å²) < 4.78 is 7.42. The van der Waals surface area contributed by atoms with Crippen molar-refractivity contribution >= 4 is 5.96 Å². The van der Waals surface area contributed by atoms with E-state index in [9.17, 15) is 0 Å². The van der Waals surface area contributed by atoms with Gasteiger partial charge in [0, 0.05) is 26.7 Å². The maximum atomic E-state index is 5.58. The first kappa shape index (κ1) is 15.7. The summed E-state index contributed by atoms with van der Waals surface area (Å²) in [5.74, 6) is 1.57. The van der Waals surface area contributed by atoms with Crippen LogP contribution < -0.4 is 10.6 Å². The standard InChI is InChI=1S/C13H25N7O/c1-3-4-7-20-12(17-18-19-20)10-16-13(14-2)15-9-11-6-5-8-21-11/h11H,3-10H2,1-2H3,(H2,14,15,16). The minimum atomic E-state index is 0.290. The summed E-state index contributed by atoms with van der Waals surface area (Å²) in [7, 11) is 1.75. The first-order chi connectivity index (χ1) is 10.3. The highest BCUT2D eigenvalue weighted by Crippen LogP contribution is 2.10. The van der Waals surface area contributed by atoms with Gasteiger partial charge in [0.15, 0.2) is 11.8 Å². The average Bonchev–Trinajstić information content (AvgIpc) is 3.16. The Morgan fingerprint density at radius 3 is 3.10 bits per heavy atom. The number of hydrogen-bond acceptors (Lipinski definition) is 5. The number of nitrogens with one attached hydrogen (secondary N) is 2. The third-order valence-corrected chi connectivity index (χ3v) is 3.49. The molecule has 1 unspecified atom stereocenters. The summed E-state index contributed by atoms with van der Waals surface area (Å²) in [6.45, 7) is 5.20. The van der Waals surface area contributed by atoms with Gasteiger partial charge in [0.2, 0.25) is 0 Å². The second-order valence-corrected chi connectivity index (χ2v) is 5.11. The molecule has 0 radical (unpaired) electrons. The summed E-state index contributed by atoms with van der Waals surface area (Å²) in [5.41, 5.74) is 0. The molecular formula is C13H25N7O. The second-order valence-electron chi connectivity index (χ2n) is 5.11. The fraction of sp³-hybridized carbons (Fsp3) is 0.846. The molecule has 21 heavy (non-hydrogen) atoms. The van der Waals surface area contributed by atoms with Crippen molar-refractivity contribution in [1.29, 1.82) is 0 Å². The van der Waals surface area contributed by atoms with Crippen molar-refractivity contribution in [3.63, 3.8) is 0 Å². The lowest BCUT2D eigenvalue weighted by molar-refractivity contribution is 0.114. The predicted molar refractivity (Wildman–Crippen MR) is 79.9 cm³/mol. The zero-order valence-corrected chi connectivity index (χ0v) is 12.9. The van der Waals surface area contributed by atoms with E-state index < -0.39 is 0 Å². The topological polar surface area (TPSA) is 89.3 Å². The van der Waals surface area contributed by atoms with Crippen LogP contribution in [0.5, 0.6) is 0 Å². The highest BCUT2D eigenvalue weighted by atomic mass is 16.5. The van der Waals surface area contributed by atoms with Crippen molar-refractivity contribution < 1.29 is 4.74 Å². The zero-order chi connectivity index (χ0) is 14.9. The van der Waals surface area contributed by atoms with E-state index in [1.54, 1.807) is 7.05 Å². The van der Waals surface area contributed by atoms with Crippen LogP contribution in [-0.4, -0.2) is 52.5 Å². The van der Waals surface area contributed by atoms with Crippen LogP contribution in [0.15, 0.2) is 4.99 Å². The highest BCUT2D eigenvalue weighted by Gasteiger charge is 2.15. The van der Waals surface area contributed by atoms with Crippen molar-refractivity contribution in [2.45, 2.75) is 51.8 Å². The molecule has 0 bridgehead atoms. The van der Waals surface area contributed by atoms with Gasteiger partial charge in [0.1, 0.15) is 0 Å². The lowest BCUT2D eigenvalue weighted by Crippen LogP contribution is -2.41. The molecule has 1 aromatic heterocycles. The molecule has 2 rings (SSSR count). The molecule has 1 aromatic rings. The lowest BCUT2D eigenvalue weighted by Gasteiger charge is -2.14. The van der Waals surface area contributed by atoms with Crippen molar-refractivity contribution in [2.24, 2.45) is 4.99 Å². The number of rotatable bonds is 7. The first-order valence-electron chi connectivity index (χ1n) is 7.64. The number of unbranched alkanes of at least 4 members (excludes halogenated alkanes) is 1. The molecule has 1 fully saturated rings. The summed E-state index contributed by atoms with van der Waals surface area (Å²) in [6, 6.07) is 0. The molecule has 2 heterocycles. The van der Waals surface area contributed by atoms with Crippen LogP contribution in [0.2, 0.25) is 0 Å². The van der Waals surface area contributed by atoms with Crippen molar-refractivity contribution in [1.82, 2.24) is 30.8 Å². The third-order valence-electron chi connectivity index (χ3n) is 3.49. The van der Waals surface area contributed by atoms with Gasteiger partial charge in [-0.05, 0) is 29.7 Å². The van der Waals surface area contributed by atoms with Gasteiger partial charge in [-0.1, -0.05) is 13.3 Å². The van der Waals surface area contributed by atoms with Gasteiger partial charge in [-0.25, -0.2) is 4.68 Å². The highest BCUT2D eigenvalue weighted by molar-refractivity contribution is 5.79. The first-order valence-corrected chi connectivity index (χ1v) is 7.64. The Balaban J connectivity index is 1.75. The minimum Gasteiger partial charge on any atom is -0.376 e. The van der Waals surface area contributed by atoms with Crippen LogP contribution in [0.3, 0.4) is 0 Å². The van der Waals surface area contributed by atoms with E-state index in [4.69, 9.17) is 4.74 Å². The molecule has 8 heteroatoms. The van der Waals surface area contributed by atoms with Crippen molar-refractivity contribution in [3.8, 4) is 0 Å². The number of aromatic nitrogens is 4. The number of nitrogens with zero attached hydrogens (tertiary/aromatic N) is 5. The van der Waals surface area contributed by atoms with Crippen LogP contribution in [0.25, 0.3) is 0 Å². The minimum absolute atomic E-state index is 0.290. The van der Waals surface area contributed by atoms with Crippen LogP contribution >= 0.6 is 0 Å². The van der Waals surface area contributed by atoms with Crippen molar-refractivity contribution in [3.05, 3.63) is 5.82 Å². The van der Waals surface area contributed by atoms with Gasteiger partial charge in [0.25, 0.3) is 0 Å². The average molecular weight is 295 g/mol. The van der Waals surface area contributed by atoms with E-state index in [-0.39, 0.29) is 0 Å². The van der Waals surface area contributed by atoms with Gasteiger partial charge in [-0.2, -0.15) is 0 Å². The van der Waals surface area contributed by atoms with Gasteiger partial charge >= 0.3 is 0 Å². The summed E-state index contributed by atoms with van der Waals surface area (Å²) in [5, 5.41) is 18.3. The van der Waals surface area contributed by atoms with Crippen LogP contribution in [0.4, 0.5) is 0 Å². The van der Waals surface area contributed by atoms with Crippen LogP contribution in [-0.2, 0) is 17.8 Å². The number of aliphatic imine (C=N–C) groups is 1. The predicted octanol–water partition coefficient (Wildman–Crippen LogP) is 0.317. The number of aryl methyl sites for hydroxylation is 1. The number of tetrazole rings is 1. The van der Waals surface area contributed by atoms with Gasteiger partial charge in [-0.15, -0.1) is 5.10 Å². The normalized spacial score (nSPS) is 19.0. The molecule has 0 saturated carbocycles. The molecule has 8 nitrogen and oxygen atoms in total. The third kappa shape index (κ3) is 4.96. The van der Waals surface area contributed by atoms with Gasteiger partial charge < -0.3 is 15.4 Å². The van der Waals surface area contributed by atoms with E-state index in [0.717, 1.165) is 57.2 Å². The van der Waals surface area contributed by atoms with Crippen molar-refractivity contribution in [2.75, 3.05) is 20.2 Å². The Labute approximate surface area is 125 Å². The molecule has 118 valence electrons. The number of ether oxygens (including phenoxy) is 1. The molecule has 0 aromatic carbocycles. The van der Waals surface area contributed by atoms with Crippen LogP contribution in [0.1, 0.15) is 38.4 Å². The second kappa shape index (κ2) is 8.56. The smallest absolute Gasteiger partial charge is 0.191 e. The molecular weight excluding hydrogens is 270 g/mol. The quantitative estimate of drug-likeness (QED) is 0.556. The maximum Gasteiger partial charge on any atom is 0.191 e. The molecule has 2 N–H and O–H groups in total. The number of hydrogen-bond donors (Lipinski definition) is 2. The molecule has 0 spiro atoms. The summed E-state index contributed by atoms with van der Waals surface area (Å²) in [4.78, 5) is 4.20. The van der Waals surface area contributed by atoms with E-state index in [1.165, 1.54) is 0 Å². The zero-order valence-electron chi connectivity index (χ0n) is 12.9. The van der Waals surface area contributed by atoms with E-state index in [0.29, 0.717) is 12.6 Å². The monoisotopic (exact) mass is 295 g/mol.